The molecule has 0 atom stereocenters. The van der Waals surface area contributed by atoms with Gasteiger partial charge in [-0.05, 0) is 30.2 Å². The number of furan rings is 1. The summed E-state index contributed by atoms with van der Waals surface area (Å²) < 4.78 is 5.06. The van der Waals surface area contributed by atoms with Crippen molar-refractivity contribution in [3.63, 3.8) is 0 Å². The highest BCUT2D eigenvalue weighted by atomic mass is 16.3. The second-order valence-electron chi connectivity index (χ2n) is 5.06. The van der Waals surface area contributed by atoms with Gasteiger partial charge < -0.3 is 14.2 Å². The molecule has 0 saturated heterocycles. The SMILES string of the molecule is CN(CC(=O)N1CCc2ccccc21)C(=O)c1ccco1. The van der Waals surface area contributed by atoms with Crippen LogP contribution in [0, 0.1) is 0 Å². The van der Waals surface area contributed by atoms with Crippen LogP contribution < -0.4 is 4.90 Å². The lowest BCUT2D eigenvalue weighted by Gasteiger charge is -2.21. The summed E-state index contributed by atoms with van der Waals surface area (Å²) in [6, 6.07) is 11.1. The van der Waals surface area contributed by atoms with E-state index in [0.29, 0.717) is 6.54 Å². The first-order valence-corrected chi connectivity index (χ1v) is 6.84. The van der Waals surface area contributed by atoms with Crippen molar-refractivity contribution in [3.05, 3.63) is 54.0 Å². The van der Waals surface area contributed by atoms with Gasteiger partial charge in [-0.1, -0.05) is 18.2 Å². The van der Waals surface area contributed by atoms with Crippen molar-refractivity contribution in [2.75, 3.05) is 25.0 Å². The van der Waals surface area contributed by atoms with Gasteiger partial charge >= 0.3 is 0 Å². The Bertz CT molecular complexity index is 664. The van der Waals surface area contributed by atoms with E-state index < -0.39 is 0 Å². The van der Waals surface area contributed by atoms with Crippen LogP contribution in [0.4, 0.5) is 5.69 Å². The predicted molar refractivity (Wildman–Crippen MR) is 78.2 cm³/mol. The summed E-state index contributed by atoms with van der Waals surface area (Å²) in [5, 5.41) is 0. The molecule has 0 fully saturated rings. The first kappa shape index (κ1) is 13.4. The van der Waals surface area contributed by atoms with Gasteiger partial charge in [-0.15, -0.1) is 0 Å². The molecular formula is C16H16N2O3. The lowest BCUT2D eigenvalue weighted by molar-refractivity contribution is -0.119. The quantitative estimate of drug-likeness (QED) is 0.865. The molecule has 21 heavy (non-hydrogen) atoms. The molecule has 1 aromatic heterocycles. The van der Waals surface area contributed by atoms with E-state index in [1.54, 1.807) is 24.1 Å². The van der Waals surface area contributed by atoms with E-state index in [2.05, 4.69) is 0 Å². The number of benzene rings is 1. The summed E-state index contributed by atoms with van der Waals surface area (Å²) in [7, 11) is 1.60. The Labute approximate surface area is 122 Å². The number of para-hydroxylation sites is 1. The molecule has 0 N–H and O–H groups in total. The van der Waals surface area contributed by atoms with Crippen LogP contribution in [0.2, 0.25) is 0 Å². The maximum absolute atomic E-state index is 12.4. The lowest BCUT2D eigenvalue weighted by atomic mass is 10.2. The Hall–Kier alpha value is -2.56. The molecule has 0 bridgehead atoms. The number of likely N-dealkylation sites (N-methyl/N-ethyl adjacent to an activating group) is 1. The van der Waals surface area contributed by atoms with Gasteiger partial charge in [0.15, 0.2) is 5.76 Å². The molecular weight excluding hydrogens is 268 g/mol. The Morgan fingerprint density at radius 1 is 1.24 bits per heavy atom. The number of nitrogens with zero attached hydrogens (tertiary/aromatic N) is 2. The molecule has 1 aromatic carbocycles. The van der Waals surface area contributed by atoms with Crippen molar-refractivity contribution < 1.29 is 14.0 Å². The van der Waals surface area contributed by atoms with E-state index in [0.717, 1.165) is 12.1 Å². The second kappa shape index (κ2) is 5.44. The van der Waals surface area contributed by atoms with Gasteiger partial charge in [0, 0.05) is 19.3 Å². The molecule has 5 heteroatoms. The van der Waals surface area contributed by atoms with Crippen molar-refractivity contribution in [3.8, 4) is 0 Å². The maximum atomic E-state index is 12.4. The van der Waals surface area contributed by atoms with Crippen LogP contribution in [0.25, 0.3) is 0 Å². The van der Waals surface area contributed by atoms with Gasteiger partial charge in [0.25, 0.3) is 5.91 Å². The number of amides is 2. The normalized spacial score (nSPS) is 13.1. The fraction of sp³-hybridized carbons (Fsp3) is 0.250. The molecule has 2 amide bonds. The van der Waals surface area contributed by atoms with E-state index >= 15 is 0 Å². The lowest BCUT2D eigenvalue weighted by Crippen LogP contribution is -2.40. The smallest absolute Gasteiger partial charge is 0.289 e. The molecule has 0 aliphatic carbocycles. The molecule has 0 unspecified atom stereocenters. The molecule has 108 valence electrons. The fourth-order valence-corrected chi connectivity index (χ4v) is 2.55. The molecule has 1 aliphatic heterocycles. The number of hydrogen-bond donors (Lipinski definition) is 0. The van der Waals surface area contributed by atoms with Crippen LogP contribution >= 0.6 is 0 Å². The third-order valence-corrected chi connectivity index (χ3v) is 3.64. The molecule has 0 saturated carbocycles. The standard InChI is InChI=1S/C16H16N2O3/c1-17(16(20)14-7-4-10-21-14)11-15(19)18-9-8-12-5-2-3-6-13(12)18/h2-7,10H,8-9,11H2,1H3. The minimum atomic E-state index is -0.291. The maximum Gasteiger partial charge on any atom is 0.289 e. The number of hydrogen-bond acceptors (Lipinski definition) is 3. The van der Waals surface area contributed by atoms with E-state index in [1.807, 2.05) is 24.3 Å². The highest BCUT2D eigenvalue weighted by Gasteiger charge is 2.26. The Morgan fingerprint density at radius 2 is 2.05 bits per heavy atom. The van der Waals surface area contributed by atoms with E-state index in [1.165, 1.54) is 16.7 Å². The monoisotopic (exact) mass is 284 g/mol. The van der Waals surface area contributed by atoms with Crippen molar-refractivity contribution in [1.29, 1.82) is 0 Å². The molecule has 2 heterocycles. The number of carbonyl (C=O) groups is 2. The highest BCUT2D eigenvalue weighted by Crippen LogP contribution is 2.27. The Balaban J connectivity index is 1.69. The number of rotatable bonds is 3. The average molecular weight is 284 g/mol. The molecule has 2 aromatic rings. The van der Waals surface area contributed by atoms with E-state index in [4.69, 9.17) is 4.42 Å². The first-order valence-electron chi connectivity index (χ1n) is 6.84. The van der Waals surface area contributed by atoms with Gasteiger partial charge in [0.2, 0.25) is 5.91 Å². The Morgan fingerprint density at radius 3 is 2.81 bits per heavy atom. The molecule has 0 spiro atoms. The van der Waals surface area contributed by atoms with Gasteiger partial charge in [-0.3, -0.25) is 9.59 Å². The van der Waals surface area contributed by atoms with E-state index in [9.17, 15) is 9.59 Å². The zero-order chi connectivity index (χ0) is 14.8. The molecule has 1 aliphatic rings. The third kappa shape index (κ3) is 2.54. The third-order valence-electron chi connectivity index (χ3n) is 3.64. The summed E-state index contributed by atoms with van der Waals surface area (Å²) >= 11 is 0. The van der Waals surface area contributed by atoms with Gasteiger partial charge in [-0.25, -0.2) is 0 Å². The zero-order valence-corrected chi connectivity index (χ0v) is 11.8. The zero-order valence-electron chi connectivity index (χ0n) is 11.8. The van der Waals surface area contributed by atoms with Crippen molar-refractivity contribution in [2.45, 2.75) is 6.42 Å². The van der Waals surface area contributed by atoms with Crippen LogP contribution in [-0.4, -0.2) is 36.9 Å². The van der Waals surface area contributed by atoms with Gasteiger partial charge in [0.1, 0.15) is 6.54 Å². The van der Waals surface area contributed by atoms with Crippen LogP contribution in [0.3, 0.4) is 0 Å². The summed E-state index contributed by atoms with van der Waals surface area (Å²) in [4.78, 5) is 27.6. The molecule has 5 nitrogen and oxygen atoms in total. The minimum absolute atomic E-state index is 0.0356. The van der Waals surface area contributed by atoms with Crippen LogP contribution in [0.5, 0.6) is 0 Å². The Kier molecular flexibility index (Phi) is 3.48. The first-order chi connectivity index (χ1) is 10.2. The second-order valence-corrected chi connectivity index (χ2v) is 5.06. The van der Waals surface area contributed by atoms with Crippen molar-refractivity contribution in [1.82, 2.24) is 4.90 Å². The van der Waals surface area contributed by atoms with Crippen molar-refractivity contribution in [2.24, 2.45) is 0 Å². The topological polar surface area (TPSA) is 53.8 Å². The van der Waals surface area contributed by atoms with Crippen LogP contribution in [-0.2, 0) is 11.2 Å². The fourth-order valence-electron chi connectivity index (χ4n) is 2.55. The molecule has 3 rings (SSSR count). The largest absolute Gasteiger partial charge is 0.459 e. The summed E-state index contributed by atoms with van der Waals surface area (Å²) in [5.41, 5.74) is 2.12. The van der Waals surface area contributed by atoms with Crippen molar-refractivity contribution >= 4 is 17.5 Å². The average Bonchev–Trinajstić information content (AvgIpc) is 3.15. The summed E-state index contributed by atoms with van der Waals surface area (Å²) in [5.74, 6) is -0.129. The van der Waals surface area contributed by atoms with Gasteiger partial charge in [0.05, 0.1) is 6.26 Å². The summed E-state index contributed by atoms with van der Waals surface area (Å²) in [6.45, 7) is 0.703. The number of carbonyl (C=O) groups excluding carboxylic acids is 2. The number of fused-ring (bicyclic) bond motifs is 1. The summed E-state index contributed by atoms with van der Waals surface area (Å²) in [6.07, 6.45) is 2.30. The minimum Gasteiger partial charge on any atom is -0.459 e. The van der Waals surface area contributed by atoms with Gasteiger partial charge in [-0.2, -0.15) is 0 Å². The predicted octanol–water partition coefficient (Wildman–Crippen LogP) is 1.94. The van der Waals surface area contributed by atoms with E-state index in [-0.39, 0.29) is 24.1 Å². The van der Waals surface area contributed by atoms with Crippen LogP contribution in [0.15, 0.2) is 47.1 Å². The number of anilines is 1. The highest BCUT2D eigenvalue weighted by molar-refractivity contribution is 6.00. The molecule has 0 radical (unpaired) electrons. The van der Waals surface area contributed by atoms with Crippen LogP contribution in [0.1, 0.15) is 16.1 Å².